The first kappa shape index (κ1) is 26.0. The molecule has 0 aliphatic carbocycles. The first-order valence-electron chi connectivity index (χ1n) is 13.9. The average molecular weight is 514 g/mol. The van der Waals surface area contributed by atoms with Crippen LogP contribution >= 0.6 is 0 Å². The number of amides is 2. The maximum absolute atomic E-state index is 12.9. The molecule has 2 aromatic carbocycles. The van der Waals surface area contributed by atoms with Crippen molar-refractivity contribution in [3.8, 4) is 0 Å². The average Bonchev–Trinajstić information content (AvgIpc) is 2.92. The Morgan fingerprint density at radius 2 is 1.76 bits per heavy atom. The zero-order valence-corrected chi connectivity index (χ0v) is 22.9. The zero-order valence-electron chi connectivity index (χ0n) is 22.9. The summed E-state index contributed by atoms with van der Waals surface area (Å²) in [6.45, 7) is 10.6. The third kappa shape index (κ3) is 5.93. The van der Waals surface area contributed by atoms with Gasteiger partial charge in [-0.1, -0.05) is 12.1 Å². The van der Waals surface area contributed by atoms with E-state index in [-0.39, 0.29) is 30.7 Å². The Bertz CT molecular complexity index is 1320. The molecule has 2 amide bonds. The van der Waals surface area contributed by atoms with Gasteiger partial charge in [-0.05, 0) is 87.6 Å². The number of carbonyl (C=O) groups is 2. The fourth-order valence-corrected chi connectivity index (χ4v) is 5.72. The summed E-state index contributed by atoms with van der Waals surface area (Å²) in [5, 5.41) is 4.03. The maximum Gasteiger partial charge on any atom is 0.224 e. The van der Waals surface area contributed by atoms with Crippen LogP contribution in [0.5, 0.6) is 0 Å². The highest BCUT2D eigenvalue weighted by atomic mass is 16.2. The first-order chi connectivity index (χ1) is 18.4. The Labute approximate surface area is 225 Å². The van der Waals surface area contributed by atoms with Crippen molar-refractivity contribution in [2.75, 3.05) is 47.8 Å². The van der Waals surface area contributed by atoms with Crippen molar-refractivity contribution in [1.29, 1.82) is 0 Å². The van der Waals surface area contributed by atoms with Crippen LogP contribution in [0.2, 0.25) is 0 Å². The molecule has 3 heterocycles. The van der Waals surface area contributed by atoms with Gasteiger partial charge >= 0.3 is 0 Å². The summed E-state index contributed by atoms with van der Waals surface area (Å²) in [4.78, 5) is 37.1. The van der Waals surface area contributed by atoms with Crippen molar-refractivity contribution in [1.82, 2.24) is 9.88 Å². The van der Waals surface area contributed by atoms with E-state index in [1.54, 1.807) is 0 Å². The Balaban J connectivity index is 1.14. The summed E-state index contributed by atoms with van der Waals surface area (Å²) in [5.74, 6) is 0.943. The molecule has 7 nitrogen and oxygen atoms in total. The third-order valence-corrected chi connectivity index (χ3v) is 7.85. The van der Waals surface area contributed by atoms with Gasteiger partial charge in [0, 0.05) is 68.4 Å². The van der Waals surface area contributed by atoms with Crippen LogP contribution < -0.4 is 15.1 Å². The van der Waals surface area contributed by atoms with Gasteiger partial charge in [0.25, 0.3) is 0 Å². The molecule has 0 saturated carbocycles. The molecule has 5 rings (SSSR count). The van der Waals surface area contributed by atoms with Gasteiger partial charge < -0.3 is 20.0 Å². The first-order valence-corrected chi connectivity index (χ1v) is 13.9. The zero-order chi connectivity index (χ0) is 26.6. The second-order valence-corrected chi connectivity index (χ2v) is 10.8. The molecule has 3 aromatic rings. The second kappa shape index (κ2) is 11.4. The normalized spacial score (nSPS) is 18.1. The van der Waals surface area contributed by atoms with Gasteiger partial charge in [-0.15, -0.1) is 0 Å². The van der Waals surface area contributed by atoms with Crippen LogP contribution in [0.3, 0.4) is 0 Å². The molecule has 0 radical (unpaired) electrons. The van der Waals surface area contributed by atoms with E-state index in [0.29, 0.717) is 13.1 Å². The van der Waals surface area contributed by atoms with Crippen LogP contribution in [0, 0.1) is 13.8 Å². The molecule has 7 heteroatoms. The summed E-state index contributed by atoms with van der Waals surface area (Å²) in [7, 11) is 0. The number of hydrogen-bond acceptors (Lipinski definition) is 5. The van der Waals surface area contributed by atoms with Crippen LogP contribution in [0.25, 0.3) is 10.9 Å². The number of aryl methyl sites for hydroxylation is 2. The van der Waals surface area contributed by atoms with Crippen molar-refractivity contribution in [3.63, 3.8) is 0 Å². The number of pyridine rings is 1. The quantitative estimate of drug-likeness (QED) is 0.485. The van der Waals surface area contributed by atoms with Gasteiger partial charge in [0.2, 0.25) is 11.8 Å². The largest absolute Gasteiger partial charge is 0.365 e. The molecule has 2 fully saturated rings. The van der Waals surface area contributed by atoms with E-state index in [0.717, 1.165) is 47.6 Å². The molecule has 0 spiro atoms. The van der Waals surface area contributed by atoms with Crippen LogP contribution in [0.4, 0.5) is 17.2 Å². The maximum atomic E-state index is 12.9. The number of piperidine rings is 1. The lowest BCUT2D eigenvalue weighted by Gasteiger charge is -2.41. The monoisotopic (exact) mass is 513 g/mol. The Hall–Kier alpha value is -3.61. The highest BCUT2D eigenvalue weighted by molar-refractivity contribution is 5.96. The predicted octanol–water partition coefficient (Wildman–Crippen LogP) is 5.30. The molecular formula is C31H39N5O2. The van der Waals surface area contributed by atoms with E-state index in [2.05, 4.69) is 66.2 Å². The molecule has 1 N–H and O–H groups in total. The lowest BCUT2D eigenvalue weighted by Crippen LogP contribution is -2.53. The number of piperazine rings is 1. The van der Waals surface area contributed by atoms with Crippen molar-refractivity contribution in [2.45, 2.75) is 58.9 Å². The van der Waals surface area contributed by atoms with Crippen LogP contribution in [0.1, 0.15) is 50.2 Å². The van der Waals surface area contributed by atoms with Crippen molar-refractivity contribution in [3.05, 3.63) is 59.7 Å². The summed E-state index contributed by atoms with van der Waals surface area (Å²) in [6.07, 6.45) is 4.12. The minimum Gasteiger partial charge on any atom is -0.365 e. The molecule has 2 aliphatic rings. The molecule has 2 aliphatic heterocycles. The van der Waals surface area contributed by atoms with E-state index in [1.807, 2.05) is 23.1 Å². The Morgan fingerprint density at radius 3 is 2.53 bits per heavy atom. The number of nitrogens with one attached hydrogen (secondary N) is 1. The molecule has 38 heavy (non-hydrogen) atoms. The summed E-state index contributed by atoms with van der Waals surface area (Å²) in [5.41, 5.74) is 5.27. The lowest BCUT2D eigenvalue weighted by atomic mass is 10.1. The fourth-order valence-electron chi connectivity index (χ4n) is 5.72. The van der Waals surface area contributed by atoms with E-state index >= 15 is 0 Å². The molecule has 2 saturated heterocycles. The van der Waals surface area contributed by atoms with Gasteiger partial charge in [-0.2, -0.15) is 0 Å². The summed E-state index contributed by atoms with van der Waals surface area (Å²) < 4.78 is 0. The topological polar surface area (TPSA) is 68.8 Å². The molecule has 0 bridgehead atoms. The highest BCUT2D eigenvalue weighted by Crippen LogP contribution is 2.27. The number of benzene rings is 2. The van der Waals surface area contributed by atoms with Gasteiger partial charge in [0.1, 0.15) is 5.82 Å². The Kier molecular flexibility index (Phi) is 7.82. The molecule has 200 valence electrons. The number of hydrogen-bond donors (Lipinski definition) is 1. The van der Waals surface area contributed by atoms with Crippen LogP contribution in [-0.4, -0.2) is 60.5 Å². The summed E-state index contributed by atoms with van der Waals surface area (Å²) >= 11 is 0. The SMILES string of the molecule is Cc1cccc(N2CCN(C(=O)CCC(=O)Nc3ccc4nc(N5CCCCC5)cc(C)c4c3)CC2C)c1. The standard InChI is InChI=1S/C31H39N5O2/c1-22-8-7-9-26(18-22)36-17-16-35(21-24(36)3)31(38)13-12-30(37)32-25-10-11-28-27(20-25)23(2)19-29(33-28)34-14-5-4-6-15-34/h7-11,18-20,24H,4-6,12-17,21H2,1-3H3,(H,32,37). The van der Waals surface area contributed by atoms with E-state index < -0.39 is 0 Å². The van der Waals surface area contributed by atoms with E-state index in [4.69, 9.17) is 4.98 Å². The number of carbonyl (C=O) groups excluding carboxylic acids is 2. The lowest BCUT2D eigenvalue weighted by molar-refractivity contribution is -0.133. The second-order valence-electron chi connectivity index (χ2n) is 10.8. The van der Waals surface area contributed by atoms with Crippen LogP contribution in [0.15, 0.2) is 48.5 Å². The molecular weight excluding hydrogens is 474 g/mol. The summed E-state index contributed by atoms with van der Waals surface area (Å²) in [6, 6.07) is 16.7. The number of fused-ring (bicyclic) bond motifs is 1. The van der Waals surface area contributed by atoms with Crippen molar-refractivity contribution in [2.24, 2.45) is 0 Å². The minimum absolute atomic E-state index is 0.0414. The van der Waals surface area contributed by atoms with Crippen LogP contribution in [-0.2, 0) is 9.59 Å². The van der Waals surface area contributed by atoms with Gasteiger partial charge in [0.15, 0.2) is 0 Å². The Morgan fingerprint density at radius 1 is 0.947 bits per heavy atom. The van der Waals surface area contributed by atoms with Gasteiger partial charge in [0.05, 0.1) is 5.52 Å². The fraction of sp³-hybridized carbons (Fsp3) is 0.452. The van der Waals surface area contributed by atoms with E-state index in [1.165, 1.54) is 30.5 Å². The minimum atomic E-state index is -0.139. The highest BCUT2D eigenvalue weighted by Gasteiger charge is 2.27. The van der Waals surface area contributed by atoms with Crippen molar-refractivity contribution >= 4 is 39.9 Å². The smallest absolute Gasteiger partial charge is 0.224 e. The van der Waals surface area contributed by atoms with Gasteiger partial charge in [-0.25, -0.2) is 4.98 Å². The number of nitrogens with zero attached hydrogens (tertiary/aromatic N) is 4. The third-order valence-electron chi connectivity index (χ3n) is 7.85. The molecule has 1 atom stereocenters. The number of aromatic nitrogens is 1. The van der Waals surface area contributed by atoms with E-state index in [9.17, 15) is 9.59 Å². The molecule has 1 unspecified atom stereocenters. The molecule has 1 aromatic heterocycles. The number of anilines is 3. The van der Waals surface area contributed by atoms with Crippen molar-refractivity contribution < 1.29 is 9.59 Å². The predicted molar refractivity (Wildman–Crippen MR) is 155 cm³/mol. The van der Waals surface area contributed by atoms with Gasteiger partial charge in [-0.3, -0.25) is 9.59 Å². The number of rotatable bonds is 6.